The molecule has 1 aromatic heterocycles. The zero-order chi connectivity index (χ0) is 20.6. The smallest absolute Gasteiger partial charge is 0.274 e. The average Bonchev–Trinajstić information content (AvgIpc) is 3.12. The van der Waals surface area contributed by atoms with Crippen molar-refractivity contribution in [3.8, 4) is 5.19 Å². The van der Waals surface area contributed by atoms with E-state index in [9.17, 15) is 13.2 Å². The van der Waals surface area contributed by atoms with E-state index in [1.807, 2.05) is 25.1 Å². The maximum Gasteiger partial charge on any atom is 0.274 e. The minimum absolute atomic E-state index is 0.0533. The maximum atomic E-state index is 12.9. The Balaban J connectivity index is 1.41. The van der Waals surface area contributed by atoms with Gasteiger partial charge in [-0.1, -0.05) is 35.6 Å². The van der Waals surface area contributed by atoms with Crippen LogP contribution in [0.3, 0.4) is 0 Å². The molecular weight excluding hydrogens is 408 g/mol. The second kappa shape index (κ2) is 7.85. The van der Waals surface area contributed by atoms with Crippen LogP contribution in [0.4, 0.5) is 0 Å². The van der Waals surface area contributed by atoms with E-state index in [-0.39, 0.29) is 16.8 Å². The van der Waals surface area contributed by atoms with Crippen molar-refractivity contribution in [2.24, 2.45) is 0 Å². The molecule has 29 heavy (non-hydrogen) atoms. The lowest BCUT2D eigenvalue weighted by atomic mass is 10.1. The lowest BCUT2D eigenvalue weighted by Gasteiger charge is -2.30. The van der Waals surface area contributed by atoms with Crippen molar-refractivity contribution in [3.05, 3.63) is 53.6 Å². The number of benzene rings is 2. The summed E-state index contributed by atoms with van der Waals surface area (Å²) >= 11 is 1.52. The number of sulfonamides is 1. The molecule has 1 aliphatic heterocycles. The van der Waals surface area contributed by atoms with Crippen LogP contribution in [0.1, 0.15) is 35.7 Å². The van der Waals surface area contributed by atoms with E-state index in [1.165, 1.54) is 34.7 Å². The molecule has 2 aromatic carbocycles. The van der Waals surface area contributed by atoms with Crippen LogP contribution < -0.4 is 4.74 Å². The van der Waals surface area contributed by atoms with Gasteiger partial charge >= 0.3 is 0 Å². The number of para-hydroxylation sites is 1. The van der Waals surface area contributed by atoms with Crippen LogP contribution >= 0.6 is 11.3 Å². The number of ether oxygens (including phenoxy) is 1. The van der Waals surface area contributed by atoms with Crippen molar-refractivity contribution in [1.29, 1.82) is 0 Å². The Labute approximate surface area is 174 Å². The van der Waals surface area contributed by atoms with E-state index >= 15 is 0 Å². The Morgan fingerprint density at radius 2 is 1.83 bits per heavy atom. The highest BCUT2D eigenvalue weighted by Gasteiger charge is 2.30. The zero-order valence-corrected chi connectivity index (χ0v) is 17.9. The highest BCUT2D eigenvalue weighted by molar-refractivity contribution is 7.89. The summed E-state index contributed by atoms with van der Waals surface area (Å²) in [4.78, 5) is 16.2. The van der Waals surface area contributed by atoms with Crippen LogP contribution in [0, 0.1) is 6.92 Å². The summed E-state index contributed by atoms with van der Waals surface area (Å²) in [5.74, 6) is -0.0862. The van der Waals surface area contributed by atoms with E-state index in [1.54, 1.807) is 12.1 Å². The van der Waals surface area contributed by atoms with Gasteiger partial charge in [-0.3, -0.25) is 4.79 Å². The van der Waals surface area contributed by atoms with Crippen molar-refractivity contribution in [1.82, 2.24) is 9.29 Å². The molecule has 0 saturated carbocycles. The zero-order valence-electron chi connectivity index (χ0n) is 16.3. The number of carbonyl (C=O) groups excluding carboxylic acids is 1. The quantitative estimate of drug-likeness (QED) is 0.571. The van der Waals surface area contributed by atoms with Gasteiger partial charge in [0, 0.05) is 18.7 Å². The molecule has 1 aliphatic rings. The maximum absolute atomic E-state index is 12.9. The summed E-state index contributed by atoms with van der Waals surface area (Å²) in [7, 11) is -3.57. The molecule has 4 rings (SSSR count). The molecule has 0 aliphatic carbocycles. The summed E-state index contributed by atoms with van der Waals surface area (Å²) < 4.78 is 34.4. The number of carbonyl (C=O) groups is 1. The second-order valence-corrected chi connectivity index (χ2v) is 10.1. The van der Waals surface area contributed by atoms with Crippen LogP contribution in [0.15, 0.2) is 47.4 Å². The van der Waals surface area contributed by atoms with Crippen LogP contribution in [-0.2, 0) is 10.0 Å². The molecule has 0 bridgehead atoms. The minimum Gasteiger partial charge on any atom is -0.467 e. The fourth-order valence-corrected chi connectivity index (χ4v) is 5.89. The van der Waals surface area contributed by atoms with Gasteiger partial charge in [-0.05, 0) is 50.5 Å². The van der Waals surface area contributed by atoms with Gasteiger partial charge in [0.05, 0.1) is 15.1 Å². The van der Waals surface area contributed by atoms with Crippen molar-refractivity contribution in [2.45, 2.75) is 37.7 Å². The summed E-state index contributed by atoms with van der Waals surface area (Å²) in [5.41, 5.74) is 2.58. The van der Waals surface area contributed by atoms with Crippen LogP contribution in [0.5, 0.6) is 5.19 Å². The van der Waals surface area contributed by atoms with Gasteiger partial charge in [-0.25, -0.2) is 13.4 Å². The number of aryl methyl sites for hydroxylation is 1. The largest absolute Gasteiger partial charge is 0.467 e. The number of rotatable bonds is 5. The third-order valence-electron chi connectivity index (χ3n) is 5.17. The van der Waals surface area contributed by atoms with Crippen molar-refractivity contribution < 1.29 is 17.9 Å². The van der Waals surface area contributed by atoms with E-state index in [2.05, 4.69) is 4.98 Å². The molecule has 1 saturated heterocycles. The number of fused-ring (bicyclic) bond motifs is 1. The summed E-state index contributed by atoms with van der Waals surface area (Å²) in [6, 6.07) is 12.2. The van der Waals surface area contributed by atoms with Crippen LogP contribution in [-0.4, -0.2) is 42.7 Å². The SMILES string of the molecule is CC(=O)c1ccc(S(=O)(=O)N2CCC(Oc3nc4c(C)cccc4s3)CC2)cc1. The average molecular weight is 431 g/mol. The van der Waals surface area contributed by atoms with Gasteiger partial charge in [-0.15, -0.1) is 0 Å². The topological polar surface area (TPSA) is 76.6 Å². The Kier molecular flexibility index (Phi) is 5.42. The molecule has 0 N–H and O–H groups in total. The Bertz CT molecular complexity index is 1150. The van der Waals surface area contributed by atoms with Crippen LogP contribution in [0.25, 0.3) is 10.2 Å². The molecule has 6 nitrogen and oxygen atoms in total. The molecule has 1 fully saturated rings. The molecular formula is C21H22N2O4S2. The Hall–Kier alpha value is -2.29. The van der Waals surface area contributed by atoms with E-state index in [0.29, 0.717) is 36.7 Å². The number of ketones is 1. The van der Waals surface area contributed by atoms with Crippen molar-refractivity contribution in [3.63, 3.8) is 0 Å². The minimum atomic E-state index is -3.57. The predicted octanol–water partition coefficient (Wildman–Crippen LogP) is 4.04. The third-order valence-corrected chi connectivity index (χ3v) is 7.99. The molecule has 8 heteroatoms. The van der Waals surface area contributed by atoms with E-state index < -0.39 is 10.0 Å². The third kappa shape index (κ3) is 4.05. The molecule has 3 aromatic rings. The molecule has 0 spiro atoms. The molecule has 0 unspecified atom stereocenters. The highest BCUT2D eigenvalue weighted by atomic mass is 32.2. The van der Waals surface area contributed by atoms with Crippen molar-refractivity contribution >= 4 is 37.4 Å². The normalized spacial score (nSPS) is 16.2. The standard InChI is InChI=1S/C21H22N2O4S2/c1-14-4-3-5-19-20(14)22-21(28-19)27-17-10-12-23(13-11-17)29(25,26)18-8-6-16(7-9-18)15(2)24/h3-9,17H,10-13H2,1-2H3. The number of nitrogens with zero attached hydrogens (tertiary/aromatic N) is 2. The van der Waals surface area contributed by atoms with Gasteiger partial charge in [0.25, 0.3) is 5.19 Å². The number of piperidine rings is 1. The number of aromatic nitrogens is 1. The van der Waals surface area contributed by atoms with Gasteiger partial charge in [0.15, 0.2) is 5.78 Å². The first-order valence-electron chi connectivity index (χ1n) is 9.48. The Morgan fingerprint density at radius 3 is 2.45 bits per heavy atom. The number of thiazole rings is 1. The molecule has 0 radical (unpaired) electrons. The predicted molar refractivity (Wildman–Crippen MR) is 113 cm³/mol. The fraction of sp³-hybridized carbons (Fsp3) is 0.333. The van der Waals surface area contributed by atoms with Crippen LogP contribution in [0.2, 0.25) is 0 Å². The first-order chi connectivity index (χ1) is 13.8. The van der Waals surface area contributed by atoms with E-state index in [4.69, 9.17) is 4.74 Å². The fourth-order valence-electron chi connectivity index (χ4n) is 3.46. The first-order valence-corrected chi connectivity index (χ1v) is 11.7. The highest BCUT2D eigenvalue weighted by Crippen LogP contribution is 2.32. The summed E-state index contributed by atoms with van der Waals surface area (Å²) in [6.07, 6.45) is 1.17. The number of hydrogen-bond donors (Lipinski definition) is 0. The second-order valence-electron chi connectivity index (χ2n) is 7.20. The number of Topliss-reactive ketones (excluding diaryl/α,β-unsaturated/α-hetero) is 1. The lowest BCUT2D eigenvalue weighted by molar-refractivity contribution is 0.101. The number of hydrogen-bond acceptors (Lipinski definition) is 6. The molecule has 152 valence electrons. The van der Waals surface area contributed by atoms with Gasteiger partial charge in [0.2, 0.25) is 10.0 Å². The van der Waals surface area contributed by atoms with Gasteiger partial charge in [0.1, 0.15) is 6.10 Å². The van der Waals surface area contributed by atoms with Gasteiger partial charge < -0.3 is 4.74 Å². The monoisotopic (exact) mass is 430 g/mol. The Morgan fingerprint density at radius 1 is 1.14 bits per heavy atom. The van der Waals surface area contributed by atoms with Gasteiger partial charge in [-0.2, -0.15) is 4.31 Å². The molecule has 0 amide bonds. The molecule has 0 atom stereocenters. The van der Waals surface area contributed by atoms with Crippen molar-refractivity contribution in [2.75, 3.05) is 13.1 Å². The van der Waals surface area contributed by atoms with E-state index in [0.717, 1.165) is 15.8 Å². The summed E-state index contributed by atoms with van der Waals surface area (Å²) in [5, 5.41) is 0.635. The summed E-state index contributed by atoms with van der Waals surface area (Å²) in [6.45, 7) is 4.27. The molecule has 2 heterocycles. The first kappa shape index (κ1) is 20.0. The lowest BCUT2D eigenvalue weighted by Crippen LogP contribution is -2.41.